The third-order valence-electron chi connectivity index (χ3n) is 4.72. The zero-order valence-corrected chi connectivity index (χ0v) is 15.1. The van der Waals surface area contributed by atoms with Gasteiger partial charge in [0.1, 0.15) is 5.75 Å². The van der Waals surface area contributed by atoms with Crippen LogP contribution < -0.4 is 0 Å². The van der Waals surface area contributed by atoms with Gasteiger partial charge in [-0.1, -0.05) is 36.4 Å². The minimum absolute atomic E-state index is 0.309. The number of fused-ring (bicyclic) bond motifs is 2. The highest BCUT2D eigenvalue weighted by molar-refractivity contribution is 8.36. The van der Waals surface area contributed by atoms with E-state index in [4.69, 9.17) is 0 Å². The predicted molar refractivity (Wildman–Crippen MR) is 108 cm³/mol. The lowest BCUT2D eigenvalue weighted by Crippen LogP contribution is -1.98. The quantitative estimate of drug-likeness (QED) is 0.413. The maximum Gasteiger partial charge on any atom is 0.115 e. The van der Waals surface area contributed by atoms with Gasteiger partial charge >= 0.3 is 0 Å². The largest absolute Gasteiger partial charge is 0.508 e. The van der Waals surface area contributed by atoms with E-state index in [1.165, 1.54) is 30.3 Å². The van der Waals surface area contributed by atoms with Crippen molar-refractivity contribution in [2.75, 3.05) is 0 Å². The van der Waals surface area contributed by atoms with Crippen LogP contribution in [0, 0.1) is 0 Å². The number of hydrogen-bond donors (Lipinski definition) is 1. The van der Waals surface area contributed by atoms with E-state index in [1.807, 2.05) is 11.3 Å². The molecule has 0 bridgehead atoms. The van der Waals surface area contributed by atoms with E-state index in [0.717, 1.165) is 0 Å². The molecule has 0 radical (unpaired) electrons. The van der Waals surface area contributed by atoms with Gasteiger partial charge in [0.2, 0.25) is 0 Å². The van der Waals surface area contributed by atoms with Crippen molar-refractivity contribution >= 4 is 37.5 Å². The van der Waals surface area contributed by atoms with Crippen molar-refractivity contribution in [3.8, 4) is 5.75 Å². The Morgan fingerprint density at radius 1 is 0.760 bits per heavy atom. The first-order chi connectivity index (χ1) is 12.3. The fourth-order valence-electron chi connectivity index (χ4n) is 3.55. The van der Waals surface area contributed by atoms with Crippen LogP contribution in [0.4, 0.5) is 0 Å². The van der Waals surface area contributed by atoms with Crippen molar-refractivity contribution in [1.29, 1.82) is 0 Å². The molecule has 0 fully saturated rings. The van der Waals surface area contributed by atoms with E-state index in [-0.39, 0.29) is 0 Å². The molecule has 0 aliphatic carbocycles. The molecule has 122 valence electrons. The normalized spacial score (nSPS) is 21.1. The molecule has 1 unspecified atom stereocenters. The zero-order chi connectivity index (χ0) is 16.9. The smallest absolute Gasteiger partial charge is 0.115 e. The highest BCUT2D eigenvalue weighted by Gasteiger charge is 2.35. The second-order valence-corrected chi connectivity index (χ2v) is 9.94. The molecule has 1 nitrogen and oxygen atoms in total. The summed E-state index contributed by atoms with van der Waals surface area (Å²) in [4.78, 5) is 4.03. The summed E-state index contributed by atoms with van der Waals surface area (Å²) >= 11 is 1.81. The standard InChI is InChI=1S/C22H16OS2/c23-17-9-11-18(12-10-17)25(14-13-16-5-1-4-8-21(16)25)22-15-24-20-7-3-2-6-19(20)22/h1-15,23H. The summed E-state index contributed by atoms with van der Waals surface area (Å²) in [5.41, 5.74) is 1.29. The molecule has 3 heteroatoms. The van der Waals surface area contributed by atoms with E-state index in [2.05, 4.69) is 77.5 Å². The summed E-state index contributed by atoms with van der Waals surface area (Å²) < 4.78 is 1.32. The maximum absolute atomic E-state index is 9.77. The summed E-state index contributed by atoms with van der Waals surface area (Å²) in [6.45, 7) is 0. The maximum atomic E-state index is 9.77. The number of hydrogen-bond acceptors (Lipinski definition) is 2. The Morgan fingerprint density at radius 2 is 1.52 bits per heavy atom. The van der Waals surface area contributed by atoms with Crippen molar-refractivity contribution < 1.29 is 5.11 Å². The van der Waals surface area contributed by atoms with Gasteiger partial charge in [-0.3, -0.25) is 0 Å². The Labute approximate surface area is 152 Å². The van der Waals surface area contributed by atoms with Crippen LogP contribution in [-0.2, 0) is 0 Å². The fourth-order valence-corrected chi connectivity index (χ4v) is 8.62. The average molecular weight is 361 g/mol. The molecule has 1 N–H and O–H groups in total. The Morgan fingerprint density at radius 3 is 2.40 bits per heavy atom. The second-order valence-electron chi connectivity index (χ2n) is 6.09. The zero-order valence-electron chi connectivity index (χ0n) is 13.4. The van der Waals surface area contributed by atoms with Crippen LogP contribution in [0.1, 0.15) is 5.56 Å². The van der Waals surface area contributed by atoms with Crippen LogP contribution in [0.5, 0.6) is 5.75 Å². The monoisotopic (exact) mass is 360 g/mol. The Kier molecular flexibility index (Phi) is 3.27. The van der Waals surface area contributed by atoms with Crippen molar-refractivity contribution in [2.24, 2.45) is 0 Å². The van der Waals surface area contributed by atoms with E-state index in [0.29, 0.717) is 5.75 Å². The number of rotatable bonds is 2. The second kappa shape index (κ2) is 5.51. The Balaban J connectivity index is 1.88. The average Bonchev–Trinajstić information content (AvgIpc) is 3.25. The van der Waals surface area contributed by atoms with Crippen LogP contribution in [0.25, 0.3) is 16.2 Å². The van der Waals surface area contributed by atoms with Crippen LogP contribution in [0.3, 0.4) is 0 Å². The van der Waals surface area contributed by atoms with Crippen LogP contribution in [-0.4, -0.2) is 5.11 Å². The van der Waals surface area contributed by atoms with Gasteiger partial charge in [-0.2, -0.15) is 0 Å². The molecule has 0 spiro atoms. The summed E-state index contributed by atoms with van der Waals surface area (Å²) in [6.07, 6.45) is 2.25. The fraction of sp³-hybridized carbons (Fsp3) is 0. The third kappa shape index (κ3) is 2.10. The number of phenolic OH excluding ortho intramolecular Hbond substituents is 1. The van der Waals surface area contributed by atoms with Crippen molar-refractivity contribution in [3.05, 3.63) is 89.1 Å². The lowest BCUT2D eigenvalue weighted by atomic mass is 10.2. The van der Waals surface area contributed by atoms with Crippen LogP contribution in [0.15, 0.2) is 98.3 Å². The molecule has 1 atom stereocenters. The number of benzene rings is 3. The topological polar surface area (TPSA) is 20.2 Å². The summed E-state index contributed by atoms with van der Waals surface area (Å²) in [5, 5.41) is 15.8. The van der Waals surface area contributed by atoms with E-state index in [1.54, 1.807) is 12.1 Å². The Hall–Kier alpha value is -2.49. The molecular weight excluding hydrogens is 344 g/mol. The van der Waals surface area contributed by atoms with Gasteiger partial charge in [0, 0.05) is 30.2 Å². The summed E-state index contributed by atoms with van der Waals surface area (Å²) in [6, 6.07) is 25.1. The third-order valence-corrected chi connectivity index (χ3v) is 9.49. The number of thiophene rings is 1. The molecule has 3 aromatic carbocycles. The van der Waals surface area contributed by atoms with Crippen LogP contribution >= 0.6 is 21.4 Å². The first kappa shape index (κ1) is 14.8. The van der Waals surface area contributed by atoms with Crippen LogP contribution in [0.2, 0.25) is 0 Å². The molecule has 2 heterocycles. The SMILES string of the molecule is Oc1ccc(S2(c3csc4ccccc34)C=Cc3ccccc32)cc1. The number of aromatic hydroxyl groups is 1. The molecule has 25 heavy (non-hydrogen) atoms. The lowest BCUT2D eigenvalue weighted by Gasteiger charge is -2.36. The van der Waals surface area contributed by atoms with E-state index < -0.39 is 10.0 Å². The van der Waals surface area contributed by atoms with Crippen molar-refractivity contribution in [1.82, 2.24) is 0 Å². The van der Waals surface area contributed by atoms with Gasteiger partial charge < -0.3 is 5.11 Å². The highest BCUT2D eigenvalue weighted by atomic mass is 32.3. The van der Waals surface area contributed by atoms with Crippen molar-refractivity contribution in [2.45, 2.75) is 14.7 Å². The molecule has 1 aromatic heterocycles. The lowest BCUT2D eigenvalue weighted by molar-refractivity contribution is 0.475. The van der Waals surface area contributed by atoms with Gasteiger partial charge in [0.05, 0.1) is 0 Å². The van der Waals surface area contributed by atoms with Gasteiger partial charge in [0.15, 0.2) is 0 Å². The molecule has 1 aliphatic heterocycles. The molecule has 1 aliphatic rings. The van der Waals surface area contributed by atoms with E-state index >= 15 is 0 Å². The molecular formula is C22H16OS2. The van der Waals surface area contributed by atoms with Gasteiger partial charge in [-0.25, -0.2) is 0 Å². The molecule has 0 saturated heterocycles. The van der Waals surface area contributed by atoms with Crippen molar-refractivity contribution in [3.63, 3.8) is 0 Å². The molecule has 4 aromatic rings. The molecule has 0 amide bonds. The summed E-state index contributed by atoms with van der Waals surface area (Å²) in [7, 11) is -1.46. The Bertz CT molecular complexity index is 1110. The van der Waals surface area contributed by atoms with Gasteiger partial charge in [-0.15, -0.1) is 21.4 Å². The summed E-state index contributed by atoms with van der Waals surface area (Å²) in [5.74, 6) is 0.309. The highest BCUT2D eigenvalue weighted by Crippen LogP contribution is 2.74. The predicted octanol–water partition coefficient (Wildman–Crippen LogP) is 6.87. The van der Waals surface area contributed by atoms with Gasteiger partial charge in [-0.05, 0) is 53.4 Å². The molecule has 5 rings (SSSR count). The van der Waals surface area contributed by atoms with Gasteiger partial charge in [0.25, 0.3) is 0 Å². The van der Waals surface area contributed by atoms with E-state index in [9.17, 15) is 5.11 Å². The first-order valence-electron chi connectivity index (χ1n) is 8.15. The minimum atomic E-state index is -1.46. The minimum Gasteiger partial charge on any atom is -0.508 e. The molecule has 0 saturated carbocycles. The first-order valence-corrected chi connectivity index (χ1v) is 10.7. The number of phenols is 1.